The molecule has 38 heavy (non-hydrogen) atoms. The number of nitrogens with two attached hydrogens (primary N) is 1. The smallest absolute Gasteiger partial charge is 0.328 e. The average Bonchev–Trinajstić information content (AvgIpc) is 2.90. The van der Waals surface area contributed by atoms with E-state index in [0.29, 0.717) is 24.4 Å². The van der Waals surface area contributed by atoms with E-state index in [9.17, 15) is 14.4 Å². The molecule has 0 radical (unpaired) electrons. The number of quaternary nitrogens is 1. The minimum Gasteiger partial charge on any atom is -0.481 e. The van der Waals surface area contributed by atoms with E-state index in [1.54, 1.807) is 0 Å². The number of carbonyl (C=O) groups excluding carboxylic acids is 2. The summed E-state index contributed by atoms with van der Waals surface area (Å²) in [4.78, 5) is 44.8. The number of carbonyl (C=O) groups is 3. The molecule has 1 amide bonds. The number of aryl methyl sites for hydroxylation is 1. The number of benzene rings is 3. The summed E-state index contributed by atoms with van der Waals surface area (Å²) in [6, 6.07) is 12.7. The minimum atomic E-state index is -1.05. The Morgan fingerprint density at radius 3 is 2.63 bits per heavy atom. The van der Waals surface area contributed by atoms with Crippen molar-refractivity contribution in [2.75, 3.05) is 20.2 Å². The molecular weight excluding hydrogens is 488 g/mol. The van der Waals surface area contributed by atoms with E-state index < -0.39 is 18.0 Å². The van der Waals surface area contributed by atoms with E-state index in [-0.39, 0.29) is 25.2 Å². The Kier molecular flexibility index (Phi) is 8.32. The zero-order valence-electron chi connectivity index (χ0n) is 21.6. The molecule has 0 aromatic heterocycles. The third-order valence-corrected chi connectivity index (χ3v) is 6.27. The summed E-state index contributed by atoms with van der Waals surface area (Å²) in [5, 5.41) is 16.2. The van der Waals surface area contributed by atoms with Crippen LogP contribution in [0.15, 0.2) is 51.9 Å². The Balaban J connectivity index is 1.58. The van der Waals surface area contributed by atoms with Crippen molar-refractivity contribution in [2.45, 2.75) is 39.2 Å². The van der Waals surface area contributed by atoms with Gasteiger partial charge in [-0.1, -0.05) is 18.2 Å². The molecular formula is C28H31N4O6+. The summed E-state index contributed by atoms with van der Waals surface area (Å²) >= 11 is 0. The van der Waals surface area contributed by atoms with Crippen LogP contribution in [0.5, 0.6) is 0 Å². The van der Waals surface area contributed by atoms with Gasteiger partial charge in [0, 0.05) is 35.9 Å². The fourth-order valence-electron chi connectivity index (χ4n) is 4.42. The average molecular weight is 520 g/mol. The molecule has 0 fully saturated rings. The van der Waals surface area contributed by atoms with Gasteiger partial charge in [-0.15, -0.1) is 0 Å². The molecule has 1 aliphatic carbocycles. The monoisotopic (exact) mass is 519 g/mol. The first-order valence-electron chi connectivity index (χ1n) is 12.5. The molecule has 198 valence electrons. The Bertz CT molecular complexity index is 1540. The van der Waals surface area contributed by atoms with Gasteiger partial charge in [-0.25, -0.2) is 9.78 Å². The Labute approximate surface area is 219 Å². The van der Waals surface area contributed by atoms with E-state index in [1.807, 2.05) is 61.6 Å². The second-order valence-electron chi connectivity index (χ2n) is 8.97. The summed E-state index contributed by atoms with van der Waals surface area (Å²) in [6.07, 6.45) is -0.182. The number of hydrogen-bond donors (Lipinski definition) is 3. The highest BCUT2D eigenvalue weighted by Gasteiger charge is 2.23. The Morgan fingerprint density at radius 1 is 1.16 bits per heavy atom. The van der Waals surface area contributed by atoms with Gasteiger partial charge >= 0.3 is 11.9 Å². The zero-order valence-corrected chi connectivity index (χ0v) is 21.6. The molecule has 2 aromatic rings. The van der Waals surface area contributed by atoms with Crippen LogP contribution in [0, 0.1) is 6.92 Å². The Morgan fingerprint density at radius 2 is 1.92 bits per heavy atom. The molecule has 1 atom stereocenters. The van der Waals surface area contributed by atoms with Crippen molar-refractivity contribution in [3.8, 4) is 11.5 Å². The normalized spacial score (nSPS) is 12.7. The summed E-state index contributed by atoms with van der Waals surface area (Å²) in [5.74, 6) is -1.45. The second kappa shape index (κ2) is 11.8. The summed E-state index contributed by atoms with van der Waals surface area (Å²) in [6.45, 7) is 5.06. The van der Waals surface area contributed by atoms with Crippen LogP contribution in [0.3, 0.4) is 0 Å². The predicted molar refractivity (Wildman–Crippen MR) is 141 cm³/mol. The van der Waals surface area contributed by atoms with Crippen molar-refractivity contribution in [2.24, 2.45) is 4.99 Å². The maximum Gasteiger partial charge on any atom is 0.328 e. The van der Waals surface area contributed by atoms with Gasteiger partial charge in [0.15, 0.2) is 11.3 Å². The molecule has 0 saturated carbocycles. The van der Waals surface area contributed by atoms with Crippen molar-refractivity contribution in [3.63, 3.8) is 0 Å². The number of nitrogens with one attached hydrogen (secondary N) is 1. The molecule has 0 bridgehead atoms. The van der Waals surface area contributed by atoms with Gasteiger partial charge in [-0.3, -0.25) is 14.6 Å². The van der Waals surface area contributed by atoms with Crippen LogP contribution in [-0.4, -0.2) is 54.2 Å². The lowest BCUT2D eigenvalue weighted by molar-refractivity contribution is -0.568. The molecule has 0 unspecified atom stereocenters. The number of esters is 1. The molecule has 0 spiro atoms. The molecule has 0 saturated heterocycles. The third-order valence-electron chi connectivity index (χ3n) is 6.27. The summed E-state index contributed by atoms with van der Waals surface area (Å²) in [7, 11) is 1.20. The molecule has 10 heteroatoms. The molecule has 2 aliphatic rings. The maximum absolute atomic E-state index is 12.5. The van der Waals surface area contributed by atoms with E-state index in [4.69, 9.17) is 14.5 Å². The van der Waals surface area contributed by atoms with Gasteiger partial charge in [0.1, 0.15) is 22.9 Å². The third kappa shape index (κ3) is 5.97. The van der Waals surface area contributed by atoms with Gasteiger partial charge < -0.3 is 24.9 Å². The number of methoxy groups -OCH3 is 1. The van der Waals surface area contributed by atoms with Crippen molar-refractivity contribution < 1.29 is 34.0 Å². The molecule has 1 heterocycles. The highest BCUT2D eigenvalue weighted by molar-refractivity contribution is 6.08. The lowest BCUT2D eigenvalue weighted by atomic mass is 10.1. The van der Waals surface area contributed by atoms with E-state index in [2.05, 4.69) is 15.0 Å². The van der Waals surface area contributed by atoms with Crippen LogP contribution < -0.4 is 16.0 Å². The number of fused-ring (bicyclic) bond motifs is 4. The van der Waals surface area contributed by atoms with Crippen molar-refractivity contribution in [1.29, 1.82) is 0 Å². The van der Waals surface area contributed by atoms with Gasteiger partial charge in [0.2, 0.25) is 5.91 Å². The fraction of sp³-hybridized carbons (Fsp3) is 0.321. The van der Waals surface area contributed by atoms with Crippen LogP contribution in [0.1, 0.15) is 31.7 Å². The minimum absolute atomic E-state index is 0.0397. The lowest BCUT2D eigenvalue weighted by Gasteiger charge is -2.15. The van der Waals surface area contributed by atoms with Gasteiger partial charge in [-0.2, -0.15) is 0 Å². The SMILES string of the molecule is CCN=c1cc2oc3cc([NH2+]CCC(=O)N[C@@H](CCC(=O)O)C(=O)OC)c4ccccc4c3nc-2cc1C. The first-order valence-corrected chi connectivity index (χ1v) is 12.5. The van der Waals surface area contributed by atoms with Gasteiger partial charge in [0.05, 0.1) is 25.4 Å². The number of carboxylic acid groups (broad SMARTS) is 1. The largest absolute Gasteiger partial charge is 0.481 e. The fourth-order valence-corrected chi connectivity index (χ4v) is 4.42. The topological polar surface area (TPSA) is 148 Å². The lowest BCUT2D eigenvalue weighted by Crippen LogP contribution is -2.78. The molecule has 2 aromatic carbocycles. The molecule has 4 rings (SSSR count). The number of rotatable bonds is 10. The summed E-state index contributed by atoms with van der Waals surface area (Å²) < 4.78 is 11.0. The van der Waals surface area contributed by atoms with E-state index in [1.165, 1.54) is 7.11 Å². The van der Waals surface area contributed by atoms with Crippen LogP contribution in [0.25, 0.3) is 33.3 Å². The number of aliphatic carboxylic acids is 1. The first-order chi connectivity index (χ1) is 18.3. The summed E-state index contributed by atoms with van der Waals surface area (Å²) in [5.41, 5.74) is 4.06. The van der Waals surface area contributed by atoms with Crippen LogP contribution in [-0.2, 0) is 19.1 Å². The quantitative estimate of drug-likeness (QED) is 0.126. The maximum atomic E-state index is 12.5. The van der Waals surface area contributed by atoms with E-state index >= 15 is 0 Å². The number of aromatic nitrogens is 1. The highest BCUT2D eigenvalue weighted by atomic mass is 16.5. The van der Waals surface area contributed by atoms with Crippen molar-refractivity contribution >= 4 is 45.4 Å². The highest BCUT2D eigenvalue weighted by Crippen LogP contribution is 2.32. The molecule has 1 aliphatic heterocycles. The molecule has 10 nitrogen and oxygen atoms in total. The zero-order chi connectivity index (χ0) is 27.2. The number of hydrogen-bond acceptors (Lipinski definition) is 7. The number of amides is 1. The van der Waals surface area contributed by atoms with E-state index in [0.717, 1.165) is 38.6 Å². The van der Waals surface area contributed by atoms with Gasteiger partial charge in [0.25, 0.3) is 0 Å². The second-order valence-corrected chi connectivity index (χ2v) is 8.97. The standard InChI is InChI=1S/C28H30N4O6/c1-4-29-20-14-23-22(13-16(20)2)32-27-18-8-6-5-7-17(18)21(15-24(27)38-23)30-12-11-25(33)31-19(28(36)37-3)9-10-26(34)35/h5-8,13-15,19,30H,4,9-12H2,1-3H3,(H,31,33)(H,34,35)/p+1/t19-/m0/s1. The van der Waals surface area contributed by atoms with Crippen LogP contribution in [0.4, 0.5) is 5.69 Å². The first kappa shape index (κ1) is 26.7. The number of nitrogens with zero attached hydrogens (tertiary/aromatic N) is 2. The van der Waals surface area contributed by atoms with Crippen molar-refractivity contribution in [3.05, 3.63) is 53.4 Å². The van der Waals surface area contributed by atoms with Crippen LogP contribution in [0.2, 0.25) is 0 Å². The number of carboxylic acids is 1. The van der Waals surface area contributed by atoms with Gasteiger partial charge in [-0.05, 0) is 38.0 Å². The van der Waals surface area contributed by atoms with Crippen molar-refractivity contribution in [1.82, 2.24) is 10.3 Å². The van der Waals surface area contributed by atoms with Crippen LogP contribution >= 0.6 is 0 Å². The number of ether oxygens (including phenoxy) is 1. The predicted octanol–water partition coefficient (Wildman–Crippen LogP) is 2.42. The molecule has 4 N–H and O–H groups in total. The Hall–Kier alpha value is -4.31.